The first-order valence-electron chi connectivity index (χ1n) is 7.90. The highest BCUT2D eigenvalue weighted by Crippen LogP contribution is 2.33. The van der Waals surface area contributed by atoms with Crippen molar-refractivity contribution in [2.75, 3.05) is 13.1 Å². The fourth-order valence-corrected chi connectivity index (χ4v) is 3.90. The molecule has 0 spiro atoms. The first-order valence-corrected chi connectivity index (χ1v) is 9.31. The van der Waals surface area contributed by atoms with Gasteiger partial charge in [-0.25, -0.2) is 8.78 Å². The fourth-order valence-electron chi connectivity index (χ4n) is 2.81. The molecule has 0 amide bonds. The summed E-state index contributed by atoms with van der Waals surface area (Å²) < 4.78 is 57.9. The van der Waals surface area contributed by atoms with Gasteiger partial charge in [-0.15, -0.1) is 0 Å². The third kappa shape index (κ3) is 4.23. The second-order valence-corrected chi connectivity index (χ2v) is 7.84. The normalized spacial score (nSPS) is 20.7. The molecule has 1 atom stereocenters. The Hall–Kier alpha value is -1.83. The van der Waals surface area contributed by atoms with Crippen molar-refractivity contribution in [3.8, 4) is 0 Å². The quantitative estimate of drug-likeness (QED) is 0.762. The Kier molecular flexibility index (Phi) is 4.90. The summed E-state index contributed by atoms with van der Waals surface area (Å²) in [4.78, 5) is 1.39. The lowest BCUT2D eigenvalue weighted by Gasteiger charge is -2.17. The maximum absolute atomic E-state index is 14.2. The van der Waals surface area contributed by atoms with Gasteiger partial charge in [-0.2, -0.15) is 8.42 Å². The van der Waals surface area contributed by atoms with Gasteiger partial charge >= 0.3 is 0 Å². The van der Waals surface area contributed by atoms with Crippen molar-refractivity contribution in [2.24, 2.45) is 0 Å². The standard InChI is InChI=1S/C18H19F2NO3S/c1-14-7-9-16(10-8-14)25(22,23)24-17-12-21(13-18(17,19)20)11-15-5-3-2-4-6-15/h2-10,17H,11-13H2,1H3/t17-/m0/s1. The third-order valence-corrected chi connectivity index (χ3v) is 5.47. The van der Waals surface area contributed by atoms with Crippen molar-refractivity contribution in [2.45, 2.75) is 30.4 Å². The average molecular weight is 367 g/mol. The zero-order valence-corrected chi connectivity index (χ0v) is 14.5. The molecule has 1 heterocycles. The Morgan fingerprint density at radius 3 is 2.40 bits per heavy atom. The highest BCUT2D eigenvalue weighted by atomic mass is 32.2. The molecule has 0 bridgehead atoms. The molecule has 1 saturated heterocycles. The summed E-state index contributed by atoms with van der Waals surface area (Å²) in [5.41, 5.74) is 1.76. The van der Waals surface area contributed by atoms with Gasteiger partial charge in [0.05, 0.1) is 11.4 Å². The first kappa shape index (κ1) is 18.0. The van der Waals surface area contributed by atoms with E-state index in [-0.39, 0.29) is 11.4 Å². The predicted octanol–water partition coefficient (Wildman–Crippen LogP) is 3.22. The van der Waals surface area contributed by atoms with Crippen LogP contribution in [0.2, 0.25) is 0 Å². The summed E-state index contributed by atoms with van der Waals surface area (Å²) in [7, 11) is -4.23. The Labute approximate surface area is 146 Å². The third-order valence-electron chi connectivity index (χ3n) is 4.13. The maximum atomic E-state index is 14.2. The molecule has 1 aliphatic heterocycles. The second-order valence-electron chi connectivity index (χ2n) is 6.27. The lowest BCUT2D eigenvalue weighted by Crippen LogP contribution is -2.35. The SMILES string of the molecule is Cc1ccc(S(=O)(=O)O[C@H]2CN(Cc3ccccc3)CC2(F)F)cc1. The van der Waals surface area contributed by atoms with E-state index in [0.29, 0.717) is 6.54 Å². The van der Waals surface area contributed by atoms with Crippen LogP contribution < -0.4 is 0 Å². The van der Waals surface area contributed by atoms with Crippen molar-refractivity contribution in [1.82, 2.24) is 4.90 Å². The molecule has 2 aromatic carbocycles. The van der Waals surface area contributed by atoms with Gasteiger partial charge in [-0.1, -0.05) is 48.0 Å². The van der Waals surface area contributed by atoms with E-state index in [2.05, 4.69) is 0 Å². The minimum Gasteiger partial charge on any atom is -0.290 e. The number of hydrogen-bond donors (Lipinski definition) is 0. The van der Waals surface area contributed by atoms with E-state index >= 15 is 0 Å². The molecule has 3 rings (SSSR count). The smallest absolute Gasteiger partial charge is 0.290 e. The van der Waals surface area contributed by atoms with Gasteiger partial charge in [-0.3, -0.25) is 9.08 Å². The van der Waals surface area contributed by atoms with E-state index in [4.69, 9.17) is 4.18 Å². The van der Waals surface area contributed by atoms with Crippen molar-refractivity contribution in [1.29, 1.82) is 0 Å². The molecule has 0 unspecified atom stereocenters. The van der Waals surface area contributed by atoms with Crippen molar-refractivity contribution >= 4 is 10.1 Å². The molecule has 1 fully saturated rings. The fraction of sp³-hybridized carbons (Fsp3) is 0.333. The molecule has 0 saturated carbocycles. The van der Waals surface area contributed by atoms with Crippen molar-refractivity contribution in [3.05, 3.63) is 65.7 Å². The largest absolute Gasteiger partial charge is 0.297 e. The van der Waals surface area contributed by atoms with Crippen LogP contribution in [-0.4, -0.2) is 38.4 Å². The van der Waals surface area contributed by atoms with Gasteiger partial charge in [0.2, 0.25) is 0 Å². The summed E-state index contributed by atoms with van der Waals surface area (Å²) >= 11 is 0. The zero-order valence-electron chi connectivity index (χ0n) is 13.7. The zero-order chi connectivity index (χ0) is 18.1. The molecule has 0 aliphatic carbocycles. The van der Waals surface area contributed by atoms with Gasteiger partial charge in [-0.05, 0) is 24.6 Å². The van der Waals surface area contributed by atoms with Crippen LogP contribution >= 0.6 is 0 Å². The van der Waals surface area contributed by atoms with E-state index in [1.54, 1.807) is 12.1 Å². The monoisotopic (exact) mass is 367 g/mol. The lowest BCUT2D eigenvalue weighted by atomic mass is 10.2. The summed E-state index contributed by atoms with van der Waals surface area (Å²) in [6.07, 6.45) is -1.69. The summed E-state index contributed by atoms with van der Waals surface area (Å²) in [5, 5.41) is 0. The number of nitrogens with zero attached hydrogens (tertiary/aromatic N) is 1. The number of likely N-dealkylation sites (tertiary alicyclic amines) is 1. The molecule has 134 valence electrons. The Bertz CT molecular complexity index is 823. The Morgan fingerprint density at radius 2 is 1.76 bits per heavy atom. The molecular weight excluding hydrogens is 348 g/mol. The van der Waals surface area contributed by atoms with Crippen LogP contribution in [0.4, 0.5) is 8.78 Å². The van der Waals surface area contributed by atoms with E-state index in [9.17, 15) is 17.2 Å². The second kappa shape index (κ2) is 6.82. The van der Waals surface area contributed by atoms with Gasteiger partial charge in [0, 0.05) is 13.1 Å². The molecule has 0 radical (unpaired) electrons. The number of halogens is 2. The molecule has 7 heteroatoms. The van der Waals surface area contributed by atoms with E-state index in [0.717, 1.165) is 11.1 Å². The molecule has 0 N–H and O–H groups in total. The van der Waals surface area contributed by atoms with E-state index in [1.807, 2.05) is 37.3 Å². The molecule has 4 nitrogen and oxygen atoms in total. The summed E-state index contributed by atoms with van der Waals surface area (Å²) in [6, 6.07) is 15.1. The first-order chi connectivity index (χ1) is 11.8. The van der Waals surface area contributed by atoms with Gasteiger partial charge < -0.3 is 0 Å². The van der Waals surface area contributed by atoms with Crippen LogP contribution in [0.1, 0.15) is 11.1 Å². The van der Waals surface area contributed by atoms with E-state index < -0.39 is 28.7 Å². The van der Waals surface area contributed by atoms with Crippen molar-refractivity contribution < 1.29 is 21.4 Å². The van der Waals surface area contributed by atoms with Gasteiger partial charge in [0.1, 0.15) is 0 Å². The van der Waals surface area contributed by atoms with Crippen LogP contribution in [0.5, 0.6) is 0 Å². The number of benzene rings is 2. The van der Waals surface area contributed by atoms with Crippen LogP contribution in [0.25, 0.3) is 0 Å². The molecular formula is C18H19F2NO3S. The predicted molar refractivity (Wildman–Crippen MR) is 89.9 cm³/mol. The van der Waals surface area contributed by atoms with Crippen LogP contribution in [-0.2, 0) is 20.8 Å². The number of alkyl halides is 2. The number of aryl methyl sites for hydroxylation is 1. The van der Waals surface area contributed by atoms with Crippen LogP contribution in [0.15, 0.2) is 59.5 Å². The topological polar surface area (TPSA) is 46.6 Å². The van der Waals surface area contributed by atoms with Gasteiger partial charge in [0.15, 0.2) is 6.10 Å². The van der Waals surface area contributed by atoms with Crippen molar-refractivity contribution in [3.63, 3.8) is 0 Å². The minimum atomic E-state index is -4.23. The average Bonchev–Trinajstić information content (AvgIpc) is 2.81. The lowest BCUT2D eigenvalue weighted by molar-refractivity contribution is -0.0599. The molecule has 1 aliphatic rings. The molecule has 0 aromatic heterocycles. The van der Waals surface area contributed by atoms with Crippen LogP contribution in [0, 0.1) is 6.92 Å². The highest BCUT2D eigenvalue weighted by molar-refractivity contribution is 7.86. The number of rotatable bonds is 5. The van der Waals surface area contributed by atoms with E-state index in [1.165, 1.54) is 17.0 Å². The highest BCUT2D eigenvalue weighted by Gasteiger charge is 2.51. The number of hydrogen-bond acceptors (Lipinski definition) is 4. The molecule has 25 heavy (non-hydrogen) atoms. The molecule has 2 aromatic rings. The summed E-state index contributed by atoms with van der Waals surface area (Å²) in [6.45, 7) is 1.45. The van der Waals surface area contributed by atoms with Gasteiger partial charge in [0.25, 0.3) is 16.0 Å². The van der Waals surface area contributed by atoms with Crippen LogP contribution in [0.3, 0.4) is 0 Å². The Morgan fingerprint density at radius 1 is 1.12 bits per heavy atom. The maximum Gasteiger partial charge on any atom is 0.297 e. The summed E-state index contributed by atoms with van der Waals surface area (Å²) in [5.74, 6) is -3.23. The minimum absolute atomic E-state index is 0.115. The Balaban J connectivity index is 1.72.